The monoisotopic (exact) mass is 333 g/mol. The van der Waals surface area contributed by atoms with Crippen molar-refractivity contribution in [1.82, 2.24) is 4.90 Å². The lowest BCUT2D eigenvalue weighted by atomic mass is 9.92. The van der Waals surface area contributed by atoms with Gasteiger partial charge in [-0.05, 0) is 25.3 Å². The van der Waals surface area contributed by atoms with Crippen molar-refractivity contribution in [2.24, 2.45) is 0 Å². The number of hydrogen-bond donors (Lipinski definition) is 1. The van der Waals surface area contributed by atoms with Crippen molar-refractivity contribution in [2.45, 2.75) is 43.2 Å². The summed E-state index contributed by atoms with van der Waals surface area (Å²) in [6.07, 6.45) is 1.94. The molecule has 0 bridgehead atoms. The highest BCUT2D eigenvalue weighted by atomic mass is 16.5. The molecule has 2 atom stereocenters. The van der Waals surface area contributed by atoms with Crippen molar-refractivity contribution in [3.8, 4) is 5.75 Å². The van der Waals surface area contributed by atoms with Gasteiger partial charge in [0.1, 0.15) is 5.75 Å². The van der Waals surface area contributed by atoms with E-state index in [1.807, 2.05) is 24.3 Å². The molecule has 24 heavy (non-hydrogen) atoms. The number of rotatable bonds is 6. The molecule has 1 N–H and O–H groups in total. The molecule has 0 aromatic heterocycles. The molecule has 0 radical (unpaired) electrons. The van der Waals surface area contributed by atoms with Gasteiger partial charge < -0.3 is 19.5 Å². The zero-order valence-corrected chi connectivity index (χ0v) is 14.0. The summed E-state index contributed by atoms with van der Waals surface area (Å²) in [6.45, 7) is 0.449. The van der Waals surface area contributed by atoms with E-state index < -0.39 is 11.4 Å². The number of methoxy groups -OCH3 is 2. The highest BCUT2D eigenvalue weighted by Crippen LogP contribution is 2.53. The van der Waals surface area contributed by atoms with Crippen LogP contribution in [0, 0.1) is 0 Å². The molecule has 1 heterocycles. The molecule has 0 spiro atoms. The summed E-state index contributed by atoms with van der Waals surface area (Å²) in [5.74, 6) is -0.185. The molecule has 1 aromatic rings. The number of amides is 1. The van der Waals surface area contributed by atoms with Crippen LogP contribution in [0.25, 0.3) is 0 Å². The first-order chi connectivity index (χ1) is 11.5. The highest BCUT2D eigenvalue weighted by Gasteiger charge is 2.56. The fourth-order valence-electron chi connectivity index (χ4n) is 3.73. The van der Waals surface area contributed by atoms with Crippen LogP contribution in [0.2, 0.25) is 0 Å². The zero-order chi connectivity index (χ0) is 17.3. The number of nitrogens with zero attached hydrogens (tertiary/aromatic N) is 1. The van der Waals surface area contributed by atoms with Gasteiger partial charge in [0.25, 0.3) is 0 Å². The average molecular weight is 333 g/mol. The number of carboxylic acids is 1. The maximum Gasteiger partial charge on any atom is 0.305 e. The molecule has 1 amide bonds. The molecule has 1 aliphatic heterocycles. The van der Waals surface area contributed by atoms with Gasteiger partial charge in [-0.2, -0.15) is 0 Å². The molecule has 1 saturated carbocycles. The van der Waals surface area contributed by atoms with Crippen LogP contribution in [-0.4, -0.2) is 54.8 Å². The van der Waals surface area contributed by atoms with E-state index >= 15 is 0 Å². The third-order valence-electron chi connectivity index (χ3n) is 5.16. The van der Waals surface area contributed by atoms with Gasteiger partial charge in [0.05, 0.1) is 25.0 Å². The summed E-state index contributed by atoms with van der Waals surface area (Å²) in [6, 6.07) is 7.26. The largest absolute Gasteiger partial charge is 0.496 e. The standard InChI is InChI=1S/C18H23NO5/c1-23-13-9-12(10-16(20)21)19(11-13)17(22)18(7-8-18)14-5-3-4-6-15(14)24-2/h3-6,12-13H,7-11H2,1-2H3,(H,20,21). The van der Waals surface area contributed by atoms with Crippen molar-refractivity contribution in [1.29, 1.82) is 0 Å². The van der Waals surface area contributed by atoms with Crippen LogP contribution < -0.4 is 4.74 Å². The van der Waals surface area contributed by atoms with Gasteiger partial charge in [0.2, 0.25) is 5.91 Å². The maximum absolute atomic E-state index is 13.3. The first kappa shape index (κ1) is 16.8. The van der Waals surface area contributed by atoms with Gasteiger partial charge in [-0.15, -0.1) is 0 Å². The average Bonchev–Trinajstić information content (AvgIpc) is 3.29. The normalized spacial score (nSPS) is 24.7. The number of hydrogen-bond acceptors (Lipinski definition) is 4. The number of carbonyl (C=O) groups is 2. The van der Waals surface area contributed by atoms with E-state index in [-0.39, 0.29) is 24.5 Å². The molecule has 130 valence electrons. The number of ether oxygens (including phenoxy) is 2. The molecule has 1 aliphatic carbocycles. The second kappa shape index (κ2) is 6.43. The first-order valence-corrected chi connectivity index (χ1v) is 8.21. The maximum atomic E-state index is 13.3. The Morgan fingerprint density at radius 2 is 2.00 bits per heavy atom. The Morgan fingerprint density at radius 1 is 1.29 bits per heavy atom. The predicted octanol–water partition coefficient (Wildman–Crippen LogP) is 1.82. The molecule has 1 aromatic carbocycles. The molecule has 3 rings (SSSR count). The lowest BCUT2D eigenvalue weighted by molar-refractivity contribution is -0.140. The van der Waals surface area contributed by atoms with Crippen molar-refractivity contribution < 1.29 is 24.2 Å². The number of likely N-dealkylation sites (tertiary alicyclic amines) is 1. The van der Waals surface area contributed by atoms with Crippen molar-refractivity contribution in [3.05, 3.63) is 29.8 Å². The second-order valence-electron chi connectivity index (χ2n) is 6.59. The summed E-state index contributed by atoms with van der Waals surface area (Å²) in [7, 11) is 3.20. The number of para-hydroxylation sites is 1. The van der Waals surface area contributed by atoms with E-state index in [0.717, 1.165) is 18.4 Å². The Morgan fingerprint density at radius 3 is 2.58 bits per heavy atom. The van der Waals surface area contributed by atoms with E-state index in [9.17, 15) is 9.59 Å². The zero-order valence-electron chi connectivity index (χ0n) is 14.0. The molecule has 2 unspecified atom stereocenters. The molecule has 2 fully saturated rings. The first-order valence-electron chi connectivity index (χ1n) is 8.21. The molecule has 6 nitrogen and oxygen atoms in total. The van der Waals surface area contributed by atoms with Gasteiger partial charge in [-0.25, -0.2) is 0 Å². The topological polar surface area (TPSA) is 76.1 Å². The van der Waals surface area contributed by atoms with Crippen LogP contribution in [0.15, 0.2) is 24.3 Å². The van der Waals surface area contributed by atoms with Crippen LogP contribution in [0.4, 0.5) is 0 Å². The minimum absolute atomic E-state index is 0.00204. The molecule has 6 heteroatoms. The van der Waals surface area contributed by atoms with Crippen LogP contribution in [0.5, 0.6) is 5.75 Å². The van der Waals surface area contributed by atoms with E-state index in [4.69, 9.17) is 14.6 Å². The summed E-state index contributed by atoms with van der Waals surface area (Å²) in [5, 5.41) is 9.15. The number of aliphatic carboxylic acids is 1. The predicted molar refractivity (Wildman–Crippen MR) is 87.1 cm³/mol. The Labute approximate surface area is 141 Å². The van der Waals surface area contributed by atoms with Gasteiger partial charge >= 0.3 is 5.97 Å². The minimum Gasteiger partial charge on any atom is -0.496 e. The third-order valence-corrected chi connectivity index (χ3v) is 5.16. The summed E-state index contributed by atoms with van der Waals surface area (Å²) < 4.78 is 10.8. The molecular formula is C18H23NO5. The van der Waals surface area contributed by atoms with Crippen molar-refractivity contribution in [2.75, 3.05) is 20.8 Å². The Hall–Kier alpha value is -2.08. The Balaban J connectivity index is 1.88. The van der Waals surface area contributed by atoms with Gasteiger partial charge in [-0.3, -0.25) is 9.59 Å². The van der Waals surface area contributed by atoms with E-state index in [1.54, 1.807) is 19.1 Å². The van der Waals surface area contributed by atoms with Gasteiger partial charge in [-0.1, -0.05) is 18.2 Å². The summed E-state index contributed by atoms with van der Waals surface area (Å²) >= 11 is 0. The highest BCUT2D eigenvalue weighted by molar-refractivity contribution is 5.93. The van der Waals surface area contributed by atoms with E-state index in [2.05, 4.69) is 0 Å². The number of carbonyl (C=O) groups excluding carboxylic acids is 1. The summed E-state index contributed by atoms with van der Waals surface area (Å²) in [5.41, 5.74) is 0.318. The fraction of sp³-hybridized carbons (Fsp3) is 0.556. The smallest absolute Gasteiger partial charge is 0.305 e. The van der Waals surface area contributed by atoms with Crippen LogP contribution >= 0.6 is 0 Å². The molecule has 1 saturated heterocycles. The second-order valence-corrected chi connectivity index (χ2v) is 6.59. The van der Waals surface area contributed by atoms with Gasteiger partial charge in [0, 0.05) is 25.3 Å². The molecular weight excluding hydrogens is 310 g/mol. The lowest BCUT2D eigenvalue weighted by Crippen LogP contribution is -2.43. The van der Waals surface area contributed by atoms with Crippen LogP contribution in [0.1, 0.15) is 31.2 Å². The molecule has 2 aliphatic rings. The Kier molecular flexibility index (Phi) is 4.49. The third kappa shape index (κ3) is 2.86. The minimum atomic E-state index is -0.892. The quantitative estimate of drug-likeness (QED) is 0.859. The SMILES string of the molecule is COc1ccccc1C1(C(=O)N2CC(OC)CC2CC(=O)O)CC1. The lowest BCUT2D eigenvalue weighted by Gasteiger charge is -2.29. The number of carboxylic acid groups (broad SMARTS) is 1. The Bertz CT molecular complexity index is 640. The van der Waals surface area contributed by atoms with Gasteiger partial charge in [0.15, 0.2) is 0 Å². The van der Waals surface area contributed by atoms with E-state index in [1.165, 1.54) is 0 Å². The summed E-state index contributed by atoms with van der Waals surface area (Å²) in [4.78, 5) is 26.1. The van der Waals surface area contributed by atoms with Crippen LogP contribution in [0.3, 0.4) is 0 Å². The van der Waals surface area contributed by atoms with Crippen molar-refractivity contribution >= 4 is 11.9 Å². The van der Waals surface area contributed by atoms with Crippen LogP contribution in [-0.2, 0) is 19.7 Å². The number of benzene rings is 1. The van der Waals surface area contributed by atoms with Crippen molar-refractivity contribution in [3.63, 3.8) is 0 Å². The fourth-order valence-corrected chi connectivity index (χ4v) is 3.73. The van der Waals surface area contributed by atoms with E-state index in [0.29, 0.717) is 18.7 Å².